The Morgan fingerprint density at radius 3 is 2.57 bits per heavy atom. The summed E-state index contributed by atoms with van der Waals surface area (Å²) in [6.07, 6.45) is 6.00. The van der Waals surface area contributed by atoms with Gasteiger partial charge >= 0.3 is 0 Å². The molecule has 0 aromatic carbocycles. The van der Waals surface area contributed by atoms with E-state index in [-0.39, 0.29) is 0 Å². The van der Waals surface area contributed by atoms with Crippen LogP contribution >= 0.6 is 0 Å². The zero-order valence-electron chi connectivity index (χ0n) is 4.33. The van der Waals surface area contributed by atoms with E-state index < -0.39 is 0 Å². The molecule has 1 aliphatic rings. The summed E-state index contributed by atoms with van der Waals surface area (Å²) in [5.74, 6) is 2.00. The largest absolute Gasteiger partial charge is 0.424 e. The van der Waals surface area contributed by atoms with Crippen LogP contribution in [0.1, 0.15) is 0 Å². The summed E-state index contributed by atoms with van der Waals surface area (Å²) in [5.41, 5.74) is 0. The molecule has 0 aliphatic carbocycles. The van der Waals surface area contributed by atoms with Gasteiger partial charge in [-0.1, -0.05) is 12.1 Å². The van der Waals surface area contributed by atoms with Gasteiger partial charge in [0, 0.05) is 0 Å². The van der Waals surface area contributed by atoms with Crippen molar-refractivity contribution in [2.45, 2.75) is 0 Å². The van der Waals surface area contributed by atoms with E-state index in [1.165, 1.54) is 0 Å². The third-order valence-corrected chi connectivity index (χ3v) is 0.865. The fraction of sp³-hybridized carbons (Fsp3) is 0.200. The van der Waals surface area contributed by atoms with Crippen molar-refractivity contribution in [3.05, 3.63) is 24.3 Å². The Kier molecular flexibility index (Phi) is 1.20. The fourth-order valence-corrected chi connectivity index (χ4v) is 0.485. The molecule has 0 aromatic heterocycles. The van der Waals surface area contributed by atoms with E-state index in [0.717, 1.165) is 0 Å². The maximum absolute atomic E-state index is 2.00. The summed E-state index contributed by atoms with van der Waals surface area (Å²) in [7, 11) is 4.00. The summed E-state index contributed by atoms with van der Waals surface area (Å²) in [4.78, 5) is 2.00. The molecule has 0 unspecified atom stereocenters. The van der Waals surface area contributed by atoms with Gasteiger partial charge in [-0.25, -0.2) is 0 Å². The van der Waals surface area contributed by atoms with E-state index in [1.54, 1.807) is 0 Å². The molecule has 0 bridgehead atoms. The zero-order valence-corrected chi connectivity index (χ0v) is 4.33. The van der Waals surface area contributed by atoms with Crippen molar-refractivity contribution in [2.24, 2.45) is 0 Å². The molecule has 0 amide bonds. The maximum Gasteiger partial charge on any atom is 0.276 e. The molecule has 1 aliphatic heterocycles. The molecule has 1 nitrogen and oxygen atoms in total. The first-order valence-corrected chi connectivity index (χ1v) is 2.30. The molecule has 0 aromatic rings. The van der Waals surface area contributed by atoms with Crippen LogP contribution < -0.4 is 0 Å². The normalized spacial score (nSPS) is 17.0. The molecule has 0 spiro atoms. The number of allylic oxidation sites excluding steroid dienone is 2. The number of nitrogens with zero attached hydrogens (tertiary/aromatic N) is 1. The van der Waals surface area contributed by atoms with Crippen molar-refractivity contribution < 1.29 is 0 Å². The second-order valence-corrected chi connectivity index (χ2v) is 1.54. The van der Waals surface area contributed by atoms with Crippen LogP contribution in [0.25, 0.3) is 0 Å². The maximum atomic E-state index is 2.00. The Hall–Kier alpha value is -0.655. The van der Waals surface area contributed by atoms with Crippen molar-refractivity contribution in [3.63, 3.8) is 0 Å². The topological polar surface area (TPSA) is 3.24 Å². The van der Waals surface area contributed by atoms with Gasteiger partial charge in [0.15, 0.2) is 0 Å². The Morgan fingerprint density at radius 1 is 1.43 bits per heavy atom. The molecule has 0 N–H and O–H groups in total. The van der Waals surface area contributed by atoms with Crippen molar-refractivity contribution in [3.8, 4) is 0 Å². The molecule has 35 valence electrons. The highest BCUT2D eigenvalue weighted by Gasteiger charge is 1.90. The Morgan fingerprint density at radius 2 is 2.29 bits per heavy atom. The monoisotopic (exact) mass is 92.1 g/mol. The van der Waals surface area contributed by atoms with Crippen LogP contribution in [0, 0.1) is 0 Å². The third kappa shape index (κ3) is 1.11. The first-order chi connectivity index (χ1) is 3.39. The van der Waals surface area contributed by atoms with Gasteiger partial charge in [0.05, 0.1) is 0 Å². The Bertz CT molecular complexity index is 107. The van der Waals surface area contributed by atoms with E-state index in [2.05, 4.69) is 0 Å². The van der Waals surface area contributed by atoms with Gasteiger partial charge in [-0.2, -0.15) is 0 Å². The van der Waals surface area contributed by atoms with Gasteiger partial charge in [-0.15, -0.1) is 0 Å². The quantitative estimate of drug-likeness (QED) is 0.395. The summed E-state index contributed by atoms with van der Waals surface area (Å²) in [5, 5.41) is 0. The van der Waals surface area contributed by atoms with Crippen LogP contribution in [-0.2, 0) is 0 Å². The van der Waals surface area contributed by atoms with Crippen molar-refractivity contribution in [1.29, 1.82) is 0 Å². The smallest absolute Gasteiger partial charge is 0.276 e. The van der Waals surface area contributed by atoms with Gasteiger partial charge in [0.1, 0.15) is 0 Å². The van der Waals surface area contributed by atoms with Crippen molar-refractivity contribution >= 4 is 7.41 Å². The first-order valence-electron chi connectivity index (χ1n) is 2.30. The summed E-state index contributed by atoms with van der Waals surface area (Å²) in [6, 6.07) is 0. The van der Waals surface area contributed by atoms with Gasteiger partial charge in [-0.05, 0) is 19.3 Å². The van der Waals surface area contributed by atoms with Crippen LogP contribution in [0.5, 0.6) is 0 Å². The molecule has 7 heavy (non-hydrogen) atoms. The second kappa shape index (κ2) is 1.87. The van der Waals surface area contributed by atoms with E-state index >= 15 is 0 Å². The molecule has 0 fully saturated rings. The van der Waals surface area contributed by atoms with Crippen molar-refractivity contribution in [1.82, 2.24) is 4.81 Å². The molecule has 0 atom stereocenters. The van der Waals surface area contributed by atoms with Gasteiger partial charge < -0.3 is 4.81 Å². The molecule has 0 saturated heterocycles. The number of rotatable bonds is 0. The van der Waals surface area contributed by atoms with Gasteiger partial charge in [-0.3, -0.25) is 0 Å². The minimum atomic E-state index is 2.00. The molecule has 0 saturated carbocycles. The molecule has 2 heteroatoms. The second-order valence-electron chi connectivity index (χ2n) is 1.54. The van der Waals surface area contributed by atoms with Crippen LogP contribution in [0.2, 0.25) is 0 Å². The predicted octanol–water partition coefficient (Wildman–Crippen LogP) is 0.578. The van der Waals surface area contributed by atoms with Crippen LogP contribution in [0.3, 0.4) is 0 Å². The van der Waals surface area contributed by atoms with Crippen LogP contribution in [-0.4, -0.2) is 19.3 Å². The van der Waals surface area contributed by atoms with Crippen LogP contribution in [0.4, 0.5) is 0 Å². The predicted molar refractivity (Wildman–Crippen MR) is 31.8 cm³/mol. The first kappa shape index (κ1) is 4.50. The average Bonchev–Trinajstić information content (AvgIpc) is 1.69. The Labute approximate surface area is 44.6 Å². The molecule has 1 heterocycles. The minimum absolute atomic E-state index is 2.00. The molecule has 1 radical (unpaired) electrons. The lowest BCUT2D eigenvalue weighted by atomic mass is 9.90. The highest BCUT2D eigenvalue weighted by Crippen LogP contribution is 1.89. The lowest BCUT2D eigenvalue weighted by Gasteiger charge is -2.10. The summed E-state index contributed by atoms with van der Waals surface area (Å²) >= 11 is 0. The van der Waals surface area contributed by atoms with Crippen molar-refractivity contribution in [2.75, 3.05) is 7.05 Å². The highest BCUT2D eigenvalue weighted by atomic mass is 15.0. The molecular weight excluding hydrogens is 84.9 g/mol. The SMILES string of the molecule is CN1[B]C=CC=C1. The number of hydrogen-bond acceptors (Lipinski definition) is 1. The van der Waals surface area contributed by atoms with E-state index in [9.17, 15) is 0 Å². The Balaban J connectivity index is 2.49. The summed E-state index contributed by atoms with van der Waals surface area (Å²) in [6.45, 7) is 0. The van der Waals surface area contributed by atoms with E-state index in [4.69, 9.17) is 0 Å². The average molecular weight is 91.9 g/mol. The highest BCUT2D eigenvalue weighted by molar-refractivity contribution is 6.39. The lowest BCUT2D eigenvalue weighted by molar-refractivity contribution is 0.734. The third-order valence-electron chi connectivity index (χ3n) is 0.865. The van der Waals surface area contributed by atoms with E-state index in [1.807, 2.05) is 43.6 Å². The fourth-order valence-electron chi connectivity index (χ4n) is 0.485. The summed E-state index contributed by atoms with van der Waals surface area (Å²) < 4.78 is 0. The standard InChI is InChI=1S/C5H7BN/c1-7-5-3-2-4-6-7/h2-5H,1H3. The molecular formula is C5H7BN. The zero-order chi connectivity index (χ0) is 5.11. The van der Waals surface area contributed by atoms with E-state index in [0.29, 0.717) is 0 Å². The van der Waals surface area contributed by atoms with Crippen LogP contribution in [0.15, 0.2) is 24.3 Å². The van der Waals surface area contributed by atoms with Gasteiger partial charge in [0.25, 0.3) is 7.41 Å². The number of hydrogen-bond donors (Lipinski definition) is 0. The lowest BCUT2D eigenvalue weighted by Crippen LogP contribution is -2.15. The minimum Gasteiger partial charge on any atom is -0.424 e. The molecule has 1 rings (SSSR count). The van der Waals surface area contributed by atoms with Gasteiger partial charge in [0.2, 0.25) is 0 Å².